The molecule has 2 atom stereocenters. The Balaban J connectivity index is 1.96. The Bertz CT molecular complexity index is 381. The molecule has 2 rings (SSSR count). The molecular weight excluding hydrogens is 224 g/mol. The van der Waals surface area contributed by atoms with Gasteiger partial charge in [-0.3, -0.25) is 4.90 Å². The summed E-state index contributed by atoms with van der Waals surface area (Å²) in [5.41, 5.74) is 7.17. The van der Waals surface area contributed by atoms with Crippen LogP contribution >= 0.6 is 0 Å². The minimum absolute atomic E-state index is 0.643. The standard InChI is InChI=1S/C15H24N2O/c1-12-6-7-17(11-14(12)9-16)10-13-4-3-5-15(8-13)18-2/h3-5,8,12,14H,6-7,9-11,16H2,1-2H3. The molecule has 0 aliphatic carbocycles. The number of hydrogen-bond acceptors (Lipinski definition) is 3. The van der Waals surface area contributed by atoms with E-state index in [0.29, 0.717) is 5.92 Å². The molecule has 0 amide bonds. The monoisotopic (exact) mass is 248 g/mol. The molecule has 1 fully saturated rings. The van der Waals surface area contributed by atoms with Crippen molar-refractivity contribution in [2.24, 2.45) is 17.6 Å². The third kappa shape index (κ3) is 3.24. The number of nitrogens with zero attached hydrogens (tertiary/aromatic N) is 1. The lowest BCUT2D eigenvalue weighted by molar-refractivity contribution is 0.126. The molecule has 3 nitrogen and oxygen atoms in total. The Morgan fingerprint density at radius 1 is 1.44 bits per heavy atom. The molecule has 1 aromatic carbocycles. The highest BCUT2D eigenvalue weighted by molar-refractivity contribution is 5.28. The largest absolute Gasteiger partial charge is 0.497 e. The van der Waals surface area contributed by atoms with Crippen LogP contribution < -0.4 is 10.5 Å². The summed E-state index contributed by atoms with van der Waals surface area (Å²) < 4.78 is 5.26. The maximum Gasteiger partial charge on any atom is 0.119 e. The number of nitrogens with two attached hydrogens (primary N) is 1. The van der Waals surface area contributed by atoms with Gasteiger partial charge in [0, 0.05) is 13.1 Å². The van der Waals surface area contributed by atoms with Gasteiger partial charge in [-0.15, -0.1) is 0 Å². The van der Waals surface area contributed by atoms with Gasteiger partial charge in [-0.1, -0.05) is 19.1 Å². The fraction of sp³-hybridized carbons (Fsp3) is 0.600. The summed E-state index contributed by atoms with van der Waals surface area (Å²) in [6.07, 6.45) is 1.26. The highest BCUT2D eigenvalue weighted by Crippen LogP contribution is 2.24. The molecule has 0 saturated carbocycles. The molecule has 0 radical (unpaired) electrons. The lowest BCUT2D eigenvalue weighted by Gasteiger charge is -2.36. The predicted molar refractivity (Wildman–Crippen MR) is 74.6 cm³/mol. The molecule has 18 heavy (non-hydrogen) atoms. The lowest BCUT2D eigenvalue weighted by atomic mass is 9.87. The average molecular weight is 248 g/mol. The maximum absolute atomic E-state index is 5.85. The Morgan fingerprint density at radius 2 is 2.28 bits per heavy atom. The van der Waals surface area contributed by atoms with E-state index >= 15 is 0 Å². The van der Waals surface area contributed by atoms with Gasteiger partial charge in [0.25, 0.3) is 0 Å². The van der Waals surface area contributed by atoms with Crippen molar-refractivity contribution < 1.29 is 4.74 Å². The molecular formula is C15H24N2O. The van der Waals surface area contributed by atoms with Gasteiger partial charge in [-0.25, -0.2) is 0 Å². The molecule has 2 unspecified atom stereocenters. The SMILES string of the molecule is COc1cccc(CN2CCC(C)C(CN)C2)c1. The minimum Gasteiger partial charge on any atom is -0.497 e. The summed E-state index contributed by atoms with van der Waals surface area (Å²) in [5, 5.41) is 0. The van der Waals surface area contributed by atoms with Gasteiger partial charge in [0.05, 0.1) is 7.11 Å². The van der Waals surface area contributed by atoms with Crippen molar-refractivity contribution in [1.29, 1.82) is 0 Å². The zero-order chi connectivity index (χ0) is 13.0. The quantitative estimate of drug-likeness (QED) is 0.887. The van der Waals surface area contributed by atoms with Gasteiger partial charge >= 0.3 is 0 Å². The summed E-state index contributed by atoms with van der Waals surface area (Å²) in [6, 6.07) is 8.33. The van der Waals surface area contributed by atoms with Crippen LogP contribution in [-0.4, -0.2) is 31.6 Å². The fourth-order valence-electron chi connectivity index (χ4n) is 2.70. The first kappa shape index (κ1) is 13.4. The van der Waals surface area contributed by atoms with Gasteiger partial charge < -0.3 is 10.5 Å². The van der Waals surface area contributed by atoms with Crippen LogP contribution in [0, 0.1) is 11.8 Å². The molecule has 1 aromatic rings. The highest BCUT2D eigenvalue weighted by atomic mass is 16.5. The first-order chi connectivity index (χ1) is 8.72. The molecule has 3 heteroatoms. The molecule has 2 N–H and O–H groups in total. The number of methoxy groups -OCH3 is 1. The van der Waals surface area contributed by atoms with Gasteiger partial charge in [0.15, 0.2) is 0 Å². The molecule has 100 valence electrons. The van der Waals surface area contributed by atoms with Crippen molar-refractivity contribution in [2.45, 2.75) is 19.9 Å². The van der Waals surface area contributed by atoms with Gasteiger partial charge in [0.2, 0.25) is 0 Å². The van der Waals surface area contributed by atoms with Gasteiger partial charge in [-0.05, 0) is 49.0 Å². The molecule has 1 heterocycles. The van der Waals surface area contributed by atoms with Crippen LogP contribution in [-0.2, 0) is 6.54 Å². The third-order valence-corrected chi connectivity index (χ3v) is 4.04. The van der Waals surface area contributed by atoms with Crippen LogP contribution in [0.1, 0.15) is 18.9 Å². The molecule has 1 aliphatic rings. The number of benzene rings is 1. The summed E-state index contributed by atoms with van der Waals surface area (Å²) in [5.74, 6) is 2.34. The topological polar surface area (TPSA) is 38.5 Å². The summed E-state index contributed by atoms with van der Waals surface area (Å²) in [4.78, 5) is 2.51. The Hall–Kier alpha value is -1.06. The van der Waals surface area contributed by atoms with Crippen LogP contribution in [0.3, 0.4) is 0 Å². The molecule has 0 bridgehead atoms. The van der Waals surface area contributed by atoms with Crippen molar-refractivity contribution in [3.05, 3.63) is 29.8 Å². The normalized spacial score (nSPS) is 25.1. The van der Waals surface area contributed by atoms with Crippen molar-refractivity contribution in [2.75, 3.05) is 26.7 Å². The van der Waals surface area contributed by atoms with Crippen molar-refractivity contribution in [1.82, 2.24) is 4.90 Å². The maximum atomic E-state index is 5.85. The number of piperidine rings is 1. The lowest BCUT2D eigenvalue weighted by Crippen LogP contribution is -2.42. The van der Waals surface area contributed by atoms with Crippen LogP contribution in [0.15, 0.2) is 24.3 Å². The van der Waals surface area contributed by atoms with E-state index in [1.54, 1.807) is 7.11 Å². The molecule has 1 saturated heterocycles. The minimum atomic E-state index is 0.643. The van der Waals surface area contributed by atoms with Crippen LogP contribution in [0.2, 0.25) is 0 Å². The zero-order valence-corrected chi connectivity index (χ0v) is 11.4. The Labute approximate surface area is 110 Å². The second-order valence-corrected chi connectivity index (χ2v) is 5.35. The molecule has 1 aliphatic heterocycles. The van der Waals surface area contributed by atoms with E-state index in [1.807, 2.05) is 6.07 Å². The predicted octanol–water partition coefficient (Wildman–Crippen LogP) is 2.11. The average Bonchev–Trinajstić information content (AvgIpc) is 2.41. The second-order valence-electron chi connectivity index (χ2n) is 5.35. The Morgan fingerprint density at radius 3 is 3.00 bits per heavy atom. The van der Waals surface area contributed by atoms with Gasteiger partial charge in [0.1, 0.15) is 5.75 Å². The van der Waals surface area contributed by atoms with Crippen molar-refractivity contribution in [3.8, 4) is 5.75 Å². The third-order valence-electron chi connectivity index (χ3n) is 4.04. The highest BCUT2D eigenvalue weighted by Gasteiger charge is 2.24. The van der Waals surface area contributed by atoms with E-state index < -0.39 is 0 Å². The number of likely N-dealkylation sites (tertiary alicyclic amines) is 1. The second kappa shape index (κ2) is 6.21. The van der Waals surface area contributed by atoms with Crippen LogP contribution in [0.5, 0.6) is 5.75 Å². The first-order valence-corrected chi connectivity index (χ1v) is 6.78. The van der Waals surface area contributed by atoms with Gasteiger partial charge in [-0.2, -0.15) is 0 Å². The fourth-order valence-corrected chi connectivity index (χ4v) is 2.70. The van der Waals surface area contributed by atoms with Crippen LogP contribution in [0.25, 0.3) is 0 Å². The first-order valence-electron chi connectivity index (χ1n) is 6.78. The molecule has 0 aromatic heterocycles. The van der Waals surface area contributed by atoms with E-state index in [0.717, 1.165) is 31.3 Å². The summed E-state index contributed by atoms with van der Waals surface area (Å²) >= 11 is 0. The number of hydrogen-bond donors (Lipinski definition) is 1. The zero-order valence-electron chi connectivity index (χ0n) is 11.4. The van der Waals surface area contributed by atoms with E-state index in [2.05, 4.69) is 30.0 Å². The van der Waals surface area contributed by atoms with E-state index in [1.165, 1.54) is 18.5 Å². The summed E-state index contributed by atoms with van der Waals surface area (Å²) in [7, 11) is 1.71. The van der Waals surface area contributed by atoms with E-state index in [9.17, 15) is 0 Å². The number of rotatable bonds is 4. The molecule has 0 spiro atoms. The smallest absolute Gasteiger partial charge is 0.119 e. The van der Waals surface area contributed by atoms with E-state index in [-0.39, 0.29) is 0 Å². The van der Waals surface area contributed by atoms with Crippen molar-refractivity contribution >= 4 is 0 Å². The van der Waals surface area contributed by atoms with E-state index in [4.69, 9.17) is 10.5 Å². The number of ether oxygens (including phenoxy) is 1. The summed E-state index contributed by atoms with van der Waals surface area (Å²) in [6.45, 7) is 6.42. The Kier molecular flexibility index (Phi) is 4.61. The van der Waals surface area contributed by atoms with Crippen LogP contribution in [0.4, 0.5) is 0 Å². The van der Waals surface area contributed by atoms with Crippen molar-refractivity contribution in [3.63, 3.8) is 0 Å².